The van der Waals surface area contributed by atoms with E-state index in [-0.39, 0.29) is 12.0 Å². The van der Waals surface area contributed by atoms with E-state index in [1.807, 2.05) is 30.3 Å². The summed E-state index contributed by atoms with van der Waals surface area (Å²) < 4.78 is 5.47. The van der Waals surface area contributed by atoms with Gasteiger partial charge in [-0.1, -0.05) is 24.1 Å². The van der Waals surface area contributed by atoms with Crippen LogP contribution < -0.4 is 10.6 Å². The lowest BCUT2D eigenvalue weighted by atomic mass is 10.2. The fraction of sp³-hybridized carbons (Fsp3) is 0.357. The van der Waals surface area contributed by atoms with Crippen LogP contribution in [0.15, 0.2) is 30.3 Å². The van der Waals surface area contributed by atoms with Crippen molar-refractivity contribution in [1.29, 1.82) is 0 Å². The lowest BCUT2D eigenvalue weighted by Crippen LogP contribution is -2.45. The summed E-state index contributed by atoms with van der Waals surface area (Å²) >= 11 is 0. The van der Waals surface area contributed by atoms with E-state index in [0.29, 0.717) is 13.2 Å². The van der Waals surface area contributed by atoms with Crippen molar-refractivity contribution in [2.45, 2.75) is 6.10 Å². The van der Waals surface area contributed by atoms with Gasteiger partial charge in [-0.2, -0.15) is 0 Å². The number of amides is 1. The van der Waals surface area contributed by atoms with Crippen LogP contribution in [0.2, 0.25) is 0 Å². The van der Waals surface area contributed by atoms with Crippen LogP contribution >= 0.6 is 0 Å². The molecule has 0 bridgehead atoms. The average Bonchev–Trinajstić information content (AvgIpc) is 2.45. The Bertz CT molecular complexity index is 442. The van der Waals surface area contributed by atoms with Gasteiger partial charge in [0.2, 0.25) is 0 Å². The van der Waals surface area contributed by atoms with E-state index in [1.54, 1.807) is 0 Å². The Balaban J connectivity index is 1.77. The number of ether oxygens (including phenoxy) is 1. The van der Waals surface area contributed by atoms with Crippen LogP contribution in [0.25, 0.3) is 0 Å². The molecule has 1 aromatic rings. The van der Waals surface area contributed by atoms with E-state index in [4.69, 9.17) is 4.74 Å². The third-order valence-corrected chi connectivity index (χ3v) is 2.59. The molecule has 0 spiro atoms. The summed E-state index contributed by atoms with van der Waals surface area (Å²) in [6.45, 7) is 2.83. The van der Waals surface area contributed by atoms with Crippen LogP contribution in [0.3, 0.4) is 0 Å². The fourth-order valence-corrected chi connectivity index (χ4v) is 1.65. The van der Waals surface area contributed by atoms with Gasteiger partial charge in [0, 0.05) is 31.1 Å². The molecule has 1 aliphatic heterocycles. The number of benzene rings is 1. The minimum atomic E-state index is -0.270. The number of morpholine rings is 1. The predicted octanol–water partition coefficient (Wildman–Crippen LogP) is 0.143. The number of hydrogen-bond acceptors (Lipinski definition) is 3. The van der Waals surface area contributed by atoms with Gasteiger partial charge in [-0.05, 0) is 12.1 Å². The molecule has 0 saturated carbocycles. The monoisotopic (exact) mass is 244 g/mol. The highest BCUT2D eigenvalue weighted by atomic mass is 16.5. The lowest BCUT2D eigenvalue weighted by Gasteiger charge is -2.23. The summed E-state index contributed by atoms with van der Waals surface area (Å²) in [5, 5.41) is 5.95. The molecule has 1 fully saturated rings. The van der Waals surface area contributed by atoms with Gasteiger partial charge in [0.05, 0.1) is 12.7 Å². The van der Waals surface area contributed by atoms with Crippen molar-refractivity contribution in [3.8, 4) is 11.8 Å². The summed E-state index contributed by atoms with van der Waals surface area (Å²) in [4.78, 5) is 11.5. The van der Waals surface area contributed by atoms with E-state index >= 15 is 0 Å². The van der Waals surface area contributed by atoms with Gasteiger partial charge >= 0.3 is 0 Å². The number of rotatable bonds is 2. The maximum atomic E-state index is 11.5. The first-order valence-corrected chi connectivity index (χ1v) is 6.02. The maximum absolute atomic E-state index is 11.5. The molecule has 1 atom stereocenters. The standard InChI is InChI=1S/C14H16N2O2/c17-14(7-6-12-4-2-1-3-5-12)16-11-13-10-15-8-9-18-13/h1-5,13,15H,8-11H2,(H,16,17). The van der Waals surface area contributed by atoms with Gasteiger partial charge < -0.3 is 15.4 Å². The van der Waals surface area contributed by atoms with Crippen molar-refractivity contribution in [3.05, 3.63) is 35.9 Å². The zero-order chi connectivity index (χ0) is 12.6. The van der Waals surface area contributed by atoms with Crippen LogP contribution in [-0.2, 0) is 9.53 Å². The molecule has 1 aromatic carbocycles. The molecule has 0 radical (unpaired) electrons. The van der Waals surface area contributed by atoms with Crippen molar-refractivity contribution in [2.75, 3.05) is 26.2 Å². The molecule has 0 aromatic heterocycles. The zero-order valence-electron chi connectivity index (χ0n) is 10.1. The van der Waals surface area contributed by atoms with Gasteiger partial charge in [-0.15, -0.1) is 0 Å². The second-order valence-corrected chi connectivity index (χ2v) is 4.02. The largest absolute Gasteiger partial charge is 0.374 e. The maximum Gasteiger partial charge on any atom is 0.296 e. The summed E-state index contributed by atoms with van der Waals surface area (Å²) in [5.41, 5.74) is 0.836. The molecular weight excluding hydrogens is 228 g/mol. The normalized spacial score (nSPS) is 18.6. The van der Waals surface area contributed by atoms with Crippen LogP contribution in [0, 0.1) is 11.8 Å². The van der Waals surface area contributed by atoms with Crippen LogP contribution in [0.4, 0.5) is 0 Å². The van der Waals surface area contributed by atoms with Crippen molar-refractivity contribution in [2.24, 2.45) is 0 Å². The number of carbonyl (C=O) groups excluding carboxylic acids is 1. The zero-order valence-corrected chi connectivity index (χ0v) is 10.1. The first-order valence-electron chi connectivity index (χ1n) is 6.02. The number of hydrogen-bond donors (Lipinski definition) is 2. The Kier molecular flexibility index (Phi) is 4.77. The van der Waals surface area contributed by atoms with Crippen molar-refractivity contribution >= 4 is 5.91 Å². The minimum absolute atomic E-state index is 0.0428. The van der Waals surface area contributed by atoms with Crippen LogP contribution in [-0.4, -0.2) is 38.3 Å². The Morgan fingerprint density at radius 1 is 1.44 bits per heavy atom. The molecule has 1 unspecified atom stereocenters. The Morgan fingerprint density at radius 2 is 2.28 bits per heavy atom. The predicted molar refractivity (Wildman–Crippen MR) is 68.9 cm³/mol. The van der Waals surface area contributed by atoms with Gasteiger partial charge in [-0.25, -0.2) is 0 Å². The third kappa shape index (κ3) is 4.21. The van der Waals surface area contributed by atoms with E-state index in [2.05, 4.69) is 22.5 Å². The molecule has 4 heteroatoms. The van der Waals surface area contributed by atoms with Crippen LogP contribution in [0.1, 0.15) is 5.56 Å². The quantitative estimate of drug-likeness (QED) is 0.728. The summed E-state index contributed by atoms with van der Waals surface area (Å²) in [6.07, 6.45) is 0.0428. The first kappa shape index (κ1) is 12.6. The van der Waals surface area contributed by atoms with Gasteiger partial charge in [0.15, 0.2) is 0 Å². The van der Waals surface area contributed by atoms with Crippen molar-refractivity contribution in [1.82, 2.24) is 10.6 Å². The highest BCUT2D eigenvalue weighted by molar-refractivity contribution is 5.94. The van der Waals surface area contributed by atoms with Gasteiger partial charge in [-0.3, -0.25) is 4.79 Å². The van der Waals surface area contributed by atoms with E-state index in [1.165, 1.54) is 0 Å². The molecule has 1 heterocycles. The molecule has 0 aliphatic carbocycles. The average molecular weight is 244 g/mol. The smallest absolute Gasteiger partial charge is 0.296 e. The van der Waals surface area contributed by atoms with E-state index < -0.39 is 0 Å². The molecule has 18 heavy (non-hydrogen) atoms. The molecule has 4 nitrogen and oxygen atoms in total. The minimum Gasteiger partial charge on any atom is -0.374 e. The summed E-state index contributed by atoms with van der Waals surface area (Å²) in [7, 11) is 0. The Labute approximate surface area is 107 Å². The second-order valence-electron chi connectivity index (χ2n) is 4.02. The summed E-state index contributed by atoms with van der Waals surface area (Å²) in [6, 6.07) is 9.44. The van der Waals surface area contributed by atoms with Gasteiger partial charge in [0.25, 0.3) is 5.91 Å². The van der Waals surface area contributed by atoms with Crippen molar-refractivity contribution in [3.63, 3.8) is 0 Å². The Morgan fingerprint density at radius 3 is 3.00 bits per heavy atom. The number of nitrogens with one attached hydrogen (secondary N) is 2. The topological polar surface area (TPSA) is 50.4 Å². The molecule has 1 aliphatic rings. The molecule has 1 amide bonds. The lowest BCUT2D eigenvalue weighted by molar-refractivity contribution is -0.116. The summed E-state index contributed by atoms with van der Waals surface area (Å²) in [5.74, 6) is 5.11. The Hall–Kier alpha value is -1.83. The third-order valence-electron chi connectivity index (χ3n) is 2.59. The SMILES string of the molecule is O=C(C#Cc1ccccc1)NCC1CNCCO1. The first-order chi connectivity index (χ1) is 8.84. The molecule has 2 rings (SSSR count). The molecule has 94 valence electrons. The molecular formula is C14H16N2O2. The van der Waals surface area contributed by atoms with E-state index in [9.17, 15) is 4.79 Å². The van der Waals surface area contributed by atoms with Gasteiger partial charge in [0.1, 0.15) is 0 Å². The highest BCUT2D eigenvalue weighted by Crippen LogP contribution is 1.95. The second kappa shape index (κ2) is 6.80. The van der Waals surface area contributed by atoms with E-state index in [0.717, 1.165) is 18.7 Å². The molecule has 1 saturated heterocycles. The van der Waals surface area contributed by atoms with Crippen LogP contribution in [0.5, 0.6) is 0 Å². The fourth-order valence-electron chi connectivity index (χ4n) is 1.65. The van der Waals surface area contributed by atoms with Crippen molar-refractivity contribution < 1.29 is 9.53 Å². The number of carbonyl (C=O) groups is 1. The highest BCUT2D eigenvalue weighted by Gasteiger charge is 2.13. The molecule has 2 N–H and O–H groups in total.